The van der Waals surface area contributed by atoms with E-state index in [1.165, 1.54) is 18.2 Å². The summed E-state index contributed by atoms with van der Waals surface area (Å²) >= 11 is 0. The van der Waals surface area contributed by atoms with Gasteiger partial charge in [0.25, 0.3) is 0 Å². The van der Waals surface area contributed by atoms with Gasteiger partial charge in [-0.25, -0.2) is 0 Å². The third kappa shape index (κ3) is 21.0. The molecule has 1 radical (unpaired) electrons. The van der Waals surface area contributed by atoms with Crippen LogP contribution in [-0.2, 0) is 31.7 Å². The molecule has 0 spiro atoms. The number of carbonyl (C=O) groups is 3. The summed E-state index contributed by atoms with van der Waals surface area (Å²) in [5, 5.41) is 34.3. The summed E-state index contributed by atoms with van der Waals surface area (Å²) in [5.74, 6) is -0.625. The van der Waals surface area contributed by atoms with Crippen molar-refractivity contribution in [2.75, 3.05) is 0 Å². The van der Waals surface area contributed by atoms with Crippen molar-refractivity contribution in [3.63, 3.8) is 0 Å². The molecule has 0 bridgehead atoms. The van der Waals surface area contributed by atoms with Crippen molar-refractivity contribution in [1.82, 2.24) is 0 Å². The average molecular weight is 602 g/mol. The monoisotopic (exact) mass is 601 g/mol. The Bertz CT molecular complexity index is 801. The Morgan fingerprint density at radius 3 is 0.550 bits per heavy atom. The van der Waals surface area contributed by atoms with Crippen LogP contribution < -0.4 is 15.3 Å². The second kappa shape index (κ2) is 16.0. The number of hydrogen-bond acceptors (Lipinski definition) is 6. The molecule has 0 atom stereocenters. The van der Waals surface area contributed by atoms with E-state index >= 15 is 0 Å². The van der Waals surface area contributed by atoms with E-state index in [9.17, 15) is 29.7 Å². The van der Waals surface area contributed by atoms with Gasteiger partial charge in [-0.2, -0.15) is 0 Å². The van der Waals surface area contributed by atoms with E-state index in [1.807, 2.05) is 125 Å². The van der Waals surface area contributed by atoms with E-state index in [0.717, 1.165) is 0 Å². The molecule has 0 aliphatic rings. The minimum Gasteiger partial charge on any atom is -0.875 e. The first kappa shape index (κ1) is 45.2. The Kier molecular flexibility index (Phi) is 18.0. The van der Waals surface area contributed by atoms with E-state index in [0.29, 0.717) is 0 Å². The Labute approximate surface area is 256 Å². The van der Waals surface area contributed by atoms with Gasteiger partial charge in [0, 0.05) is 16.2 Å². The van der Waals surface area contributed by atoms with Crippen LogP contribution in [0.25, 0.3) is 0 Å². The van der Waals surface area contributed by atoms with Crippen molar-refractivity contribution in [3.05, 3.63) is 35.5 Å². The van der Waals surface area contributed by atoms with Crippen molar-refractivity contribution in [3.8, 4) is 0 Å². The van der Waals surface area contributed by atoms with Gasteiger partial charge in [-0.3, -0.25) is 14.4 Å². The van der Waals surface area contributed by atoms with Crippen LogP contribution in [-0.4, -0.2) is 17.3 Å². The molecule has 0 aromatic heterocycles. The molecule has 0 heterocycles. The van der Waals surface area contributed by atoms with Crippen molar-refractivity contribution >= 4 is 17.3 Å². The van der Waals surface area contributed by atoms with Crippen molar-refractivity contribution < 1.29 is 47.1 Å². The molecule has 0 saturated heterocycles. The van der Waals surface area contributed by atoms with Crippen LogP contribution in [0.3, 0.4) is 0 Å². The number of carbonyl (C=O) groups excluding carboxylic acids is 3. The maximum absolute atomic E-state index is 11.4. The van der Waals surface area contributed by atoms with Gasteiger partial charge < -0.3 is 15.3 Å². The molecule has 7 heteroatoms. The van der Waals surface area contributed by atoms with Crippen LogP contribution in [0.1, 0.15) is 125 Å². The molecule has 0 amide bonds. The van der Waals surface area contributed by atoms with Crippen molar-refractivity contribution in [2.24, 2.45) is 32.5 Å². The molecule has 231 valence electrons. The van der Waals surface area contributed by atoms with Gasteiger partial charge in [0.2, 0.25) is 0 Å². The summed E-state index contributed by atoms with van der Waals surface area (Å²) in [6.45, 7) is 32.5. The first-order chi connectivity index (χ1) is 16.6. The summed E-state index contributed by atoms with van der Waals surface area (Å²) in [5.41, 5.74) is -2.74. The zero-order chi connectivity index (χ0) is 32.6. The number of ketones is 3. The Hall–Kier alpha value is -1.84. The standard InChI is InChI=1S/3C11H20O2.Cr/c3*1-10(2,3)8(12)7-9(13)11(4,5)6;/h3*7,12H,1-6H3;/q;;;+3/p-3/b3*8-7-;. The molecule has 6 nitrogen and oxygen atoms in total. The second-order valence-electron chi connectivity index (χ2n) is 16.1. The molecule has 0 aliphatic heterocycles. The zero-order valence-corrected chi connectivity index (χ0v) is 29.9. The fourth-order valence-electron chi connectivity index (χ4n) is 1.66. The summed E-state index contributed by atoms with van der Waals surface area (Å²) in [4.78, 5) is 34.3. The molecule has 0 rings (SSSR count). The largest absolute Gasteiger partial charge is 3.00 e. The fourth-order valence-corrected chi connectivity index (χ4v) is 1.66. The van der Waals surface area contributed by atoms with E-state index < -0.39 is 32.5 Å². The normalized spacial score (nSPS) is 14.1. The SMILES string of the molecule is CC(C)(C)C(=O)/C=C(\[O-])C(C)(C)C.CC(C)(C)C(=O)/C=C(\[O-])C(C)(C)C.CC(C)(C)C(=O)/C=C(\[O-])C(C)(C)C.[Cr+3]. The minimum absolute atomic E-state index is 0. The number of rotatable bonds is 3. The molecule has 0 aliphatic carbocycles. The summed E-state index contributed by atoms with van der Waals surface area (Å²) in [7, 11) is 0. The molecule has 0 unspecified atom stereocenters. The fraction of sp³-hybridized carbons (Fsp3) is 0.727. The van der Waals surface area contributed by atoms with Crippen LogP contribution in [0.5, 0.6) is 0 Å². The van der Waals surface area contributed by atoms with Gasteiger partial charge >= 0.3 is 17.4 Å². The van der Waals surface area contributed by atoms with E-state index in [2.05, 4.69) is 0 Å². The van der Waals surface area contributed by atoms with Gasteiger partial charge in [0.15, 0.2) is 17.3 Å². The Morgan fingerprint density at radius 2 is 0.475 bits per heavy atom. The molecule has 0 N–H and O–H groups in total. The topological polar surface area (TPSA) is 120 Å². The molecule has 0 fully saturated rings. The van der Waals surface area contributed by atoms with Crippen LogP contribution in [0.15, 0.2) is 35.5 Å². The third-order valence-corrected chi connectivity index (χ3v) is 5.22. The van der Waals surface area contributed by atoms with Crippen LogP contribution in [0.2, 0.25) is 0 Å². The molecule has 40 heavy (non-hydrogen) atoms. The number of hydrogen-bond donors (Lipinski definition) is 0. The number of allylic oxidation sites excluding steroid dienone is 6. The van der Waals surface area contributed by atoms with Gasteiger partial charge in [-0.1, -0.05) is 125 Å². The second-order valence-corrected chi connectivity index (χ2v) is 16.1. The van der Waals surface area contributed by atoms with Crippen LogP contribution in [0, 0.1) is 32.5 Å². The molecule has 0 aromatic carbocycles. The maximum atomic E-state index is 11.4. The van der Waals surface area contributed by atoms with E-state index in [4.69, 9.17) is 0 Å². The molecular weight excluding hydrogens is 544 g/mol. The zero-order valence-electron chi connectivity index (χ0n) is 28.6. The van der Waals surface area contributed by atoms with Gasteiger partial charge in [-0.15, -0.1) is 17.3 Å². The quantitative estimate of drug-likeness (QED) is 0.304. The van der Waals surface area contributed by atoms with Gasteiger partial charge in [-0.05, 0) is 34.5 Å². The van der Waals surface area contributed by atoms with Crippen molar-refractivity contribution in [1.29, 1.82) is 0 Å². The minimum atomic E-state index is -0.457. The van der Waals surface area contributed by atoms with Gasteiger partial charge in [0.05, 0.1) is 0 Å². The van der Waals surface area contributed by atoms with Crippen LogP contribution >= 0.6 is 0 Å². The summed E-state index contributed by atoms with van der Waals surface area (Å²) in [6, 6.07) is 0. The predicted octanol–water partition coefficient (Wildman–Crippen LogP) is 5.67. The smallest absolute Gasteiger partial charge is 0.875 e. The molecule has 0 aromatic rings. The third-order valence-electron chi connectivity index (χ3n) is 5.22. The first-order valence-electron chi connectivity index (χ1n) is 13.5. The first-order valence-corrected chi connectivity index (χ1v) is 13.5. The summed E-state index contributed by atoms with van der Waals surface area (Å²) < 4.78 is 0. The van der Waals surface area contributed by atoms with E-state index in [-0.39, 0.29) is 52.0 Å². The average Bonchev–Trinajstić information content (AvgIpc) is 2.64. The van der Waals surface area contributed by atoms with Crippen LogP contribution in [0.4, 0.5) is 0 Å². The molecule has 0 saturated carbocycles. The van der Waals surface area contributed by atoms with Crippen molar-refractivity contribution in [2.45, 2.75) is 125 Å². The summed E-state index contributed by atoms with van der Waals surface area (Å²) in [6.07, 6.45) is 3.67. The predicted molar refractivity (Wildman–Crippen MR) is 156 cm³/mol. The van der Waals surface area contributed by atoms with Gasteiger partial charge in [0.1, 0.15) is 0 Å². The van der Waals surface area contributed by atoms with E-state index in [1.54, 1.807) is 0 Å². The molecular formula is C33H57CrO6. The maximum Gasteiger partial charge on any atom is 3.00 e. The Morgan fingerprint density at radius 1 is 0.350 bits per heavy atom. The Balaban J connectivity index is -0.000000240.